The average Bonchev–Trinajstić information content (AvgIpc) is 3.11. The summed E-state index contributed by atoms with van der Waals surface area (Å²) in [6.45, 7) is 2.08. The molecule has 0 aliphatic carbocycles. The van der Waals surface area contributed by atoms with Gasteiger partial charge >= 0.3 is 6.03 Å². The molecule has 1 aromatic carbocycles. The lowest BCUT2D eigenvalue weighted by molar-refractivity contribution is 0.251. The van der Waals surface area contributed by atoms with Gasteiger partial charge in [0.25, 0.3) is 0 Å². The molecular formula is C16H17F2N5O. The molecule has 0 spiro atoms. The standard InChI is InChI=1S/C16H17F2N5O/c17-13-4-3-11(9-14(13)18)22-16(24)20-10-12-5-6-19-15(21-12)23-7-1-2-8-23/h3-6,9H,1-2,7-8,10H2,(H2,20,22,24). The highest BCUT2D eigenvalue weighted by Gasteiger charge is 2.15. The van der Waals surface area contributed by atoms with Crippen molar-refractivity contribution >= 4 is 17.7 Å². The highest BCUT2D eigenvalue weighted by Crippen LogP contribution is 2.15. The van der Waals surface area contributed by atoms with Crippen LogP contribution in [0.4, 0.5) is 25.2 Å². The van der Waals surface area contributed by atoms with Crippen molar-refractivity contribution in [1.82, 2.24) is 15.3 Å². The van der Waals surface area contributed by atoms with Crippen molar-refractivity contribution in [1.29, 1.82) is 0 Å². The van der Waals surface area contributed by atoms with Gasteiger partial charge in [0.2, 0.25) is 5.95 Å². The van der Waals surface area contributed by atoms with Crippen LogP contribution in [0.25, 0.3) is 0 Å². The summed E-state index contributed by atoms with van der Waals surface area (Å²) in [5, 5.41) is 5.06. The number of urea groups is 1. The predicted octanol–water partition coefficient (Wildman–Crippen LogP) is 2.68. The van der Waals surface area contributed by atoms with E-state index in [0.29, 0.717) is 11.6 Å². The topological polar surface area (TPSA) is 70.2 Å². The van der Waals surface area contributed by atoms with Gasteiger partial charge in [-0.25, -0.2) is 23.5 Å². The van der Waals surface area contributed by atoms with Gasteiger partial charge in [0, 0.05) is 31.0 Å². The van der Waals surface area contributed by atoms with Crippen LogP contribution in [-0.4, -0.2) is 29.1 Å². The van der Waals surface area contributed by atoms with Gasteiger partial charge in [0.15, 0.2) is 11.6 Å². The van der Waals surface area contributed by atoms with E-state index >= 15 is 0 Å². The van der Waals surface area contributed by atoms with E-state index < -0.39 is 17.7 Å². The van der Waals surface area contributed by atoms with Crippen molar-refractivity contribution in [2.45, 2.75) is 19.4 Å². The third kappa shape index (κ3) is 3.95. The quantitative estimate of drug-likeness (QED) is 0.902. The molecule has 2 aromatic rings. The number of nitrogens with zero attached hydrogens (tertiary/aromatic N) is 3. The minimum absolute atomic E-state index is 0.173. The first kappa shape index (κ1) is 16.1. The van der Waals surface area contributed by atoms with E-state index in [1.807, 2.05) is 0 Å². The highest BCUT2D eigenvalue weighted by atomic mass is 19.2. The fourth-order valence-corrected chi connectivity index (χ4v) is 2.47. The van der Waals surface area contributed by atoms with E-state index in [4.69, 9.17) is 0 Å². The van der Waals surface area contributed by atoms with E-state index in [2.05, 4.69) is 25.5 Å². The Morgan fingerprint density at radius 2 is 1.96 bits per heavy atom. The fourth-order valence-electron chi connectivity index (χ4n) is 2.47. The largest absolute Gasteiger partial charge is 0.341 e. The summed E-state index contributed by atoms with van der Waals surface area (Å²) >= 11 is 0. The Bertz CT molecular complexity index is 734. The molecule has 0 atom stereocenters. The molecule has 1 aromatic heterocycles. The van der Waals surface area contributed by atoms with Gasteiger partial charge in [-0.05, 0) is 31.0 Å². The minimum atomic E-state index is -1.01. The zero-order chi connectivity index (χ0) is 16.9. The lowest BCUT2D eigenvalue weighted by Crippen LogP contribution is -2.29. The number of aromatic nitrogens is 2. The maximum atomic E-state index is 13.1. The Kier molecular flexibility index (Phi) is 4.83. The van der Waals surface area contributed by atoms with Gasteiger partial charge < -0.3 is 15.5 Å². The summed E-state index contributed by atoms with van der Waals surface area (Å²) in [7, 11) is 0. The minimum Gasteiger partial charge on any atom is -0.341 e. The normalized spacial score (nSPS) is 13.8. The van der Waals surface area contributed by atoms with E-state index in [0.717, 1.165) is 38.1 Å². The molecule has 2 amide bonds. The van der Waals surface area contributed by atoms with Crippen LogP contribution in [-0.2, 0) is 6.54 Å². The van der Waals surface area contributed by atoms with Crippen molar-refractivity contribution < 1.29 is 13.6 Å². The van der Waals surface area contributed by atoms with E-state index in [1.165, 1.54) is 6.07 Å². The molecule has 24 heavy (non-hydrogen) atoms. The zero-order valence-corrected chi connectivity index (χ0v) is 12.9. The van der Waals surface area contributed by atoms with Crippen molar-refractivity contribution in [3.63, 3.8) is 0 Å². The van der Waals surface area contributed by atoms with Crippen molar-refractivity contribution in [2.24, 2.45) is 0 Å². The Balaban J connectivity index is 1.55. The molecule has 0 saturated carbocycles. The average molecular weight is 333 g/mol. The van der Waals surface area contributed by atoms with Gasteiger partial charge in [-0.3, -0.25) is 0 Å². The second kappa shape index (κ2) is 7.20. The number of benzene rings is 1. The van der Waals surface area contributed by atoms with Crippen LogP contribution in [0.5, 0.6) is 0 Å². The molecule has 1 aliphatic heterocycles. The van der Waals surface area contributed by atoms with Crippen LogP contribution in [0.1, 0.15) is 18.5 Å². The number of anilines is 2. The summed E-state index contributed by atoms with van der Waals surface area (Å²) in [6.07, 6.45) is 3.91. The Hall–Kier alpha value is -2.77. The molecule has 6 nitrogen and oxygen atoms in total. The van der Waals surface area contributed by atoms with Crippen LogP contribution >= 0.6 is 0 Å². The number of hydrogen-bond acceptors (Lipinski definition) is 4. The molecule has 2 heterocycles. The number of carbonyl (C=O) groups excluding carboxylic acids is 1. The third-order valence-corrected chi connectivity index (χ3v) is 3.70. The number of hydrogen-bond donors (Lipinski definition) is 2. The summed E-state index contributed by atoms with van der Waals surface area (Å²) < 4.78 is 26.0. The molecule has 126 valence electrons. The molecule has 0 unspecified atom stereocenters. The molecule has 0 radical (unpaired) electrons. The van der Waals surface area contributed by atoms with Crippen LogP contribution in [0.3, 0.4) is 0 Å². The van der Waals surface area contributed by atoms with Gasteiger partial charge in [0.05, 0.1) is 12.2 Å². The van der Waals surface area contributed by atoms with Crippen LogP contribution in [0, 0.1) is 11.6 Å². The first-order chi connectivity index (χ1) is 11.6. The summed E-state index contributed by atoms with van der Waals surface area (Å²) in [4.78, 5) is 22.6. The lowest BCUT2D eigenvalue weighted by atomic mass is 10.3. The summed E-state index contributed by atoms with van der Waals surface area (Å²) in [6, 6.07) is 4.36. The second-order valence-electron chi connectivity index (χ2n) is 5.48. The lowest BCUT2D eigenvalue weighted by Gasteiger charge is -2.15. The highest BCUT2D eigenvalue weighted by molar-refractivity contribution is 5.89. The second-order valence-corrected chi connectivity index (χ2v) is 5.48. The Labute approximate surface area is 137 Å². The maximum absolute atomic E-state index is 13.1. The molecule has 1 fully saturated rings. The molecule has 8 heteroatoms. The number of halogens is 2. The molecule has 1 aliphatic rings. The first-order valence-corrected chi connectivity index (χ1v) is 7.68. The third-order valence-electron chi connectivity index (χ3n) is 3.70. The van der Waals surface area contributed by atoms with Gasteiger partial charge in [-0.2, -0.15) is 0 Å². The number of amides is 2. The van der Waals surface area contributed by atoms with Gasteiger partial charge in [-0.15, -0.1) is 0 Å². The van der Waals surface area contributed by atoms with Gasteiger partial charge in [0.1, 0.15) is 0 Å². The Morgan fingerprint density at radius 3 is 2.71 bits per heavy atom. The van der Waals surface area contributed by atoms with Crippen LogP contribution < -0.4 is 15.5 Å². The molecular weight excluding hydrogens is 316 g/mol. The van der Waals surface area contributed by atoms with E-state index in [1.54, 1.807) is 12.3 Å². The van der Waals surface area contributed by atoms with E-state index in [9.17, 15) is 13.6 Å². The SMILES string of the molecule is O=C(NCc1ccnc(N2CCCC2)n1)Nc1ccc(F)c(F)c1. The van der Waals surface area contributed by atoms with Crippen molar-refractivity contribution in [3.05, 3.63) is 47.8 Å². The molecule has 0 bridgehead atoms. The molecule has 1 saturated heterocycles. The smallest absolute Gasteiger partial charge is 0.319 e. The zero-order valence-electron chi connectivity index (χ0n) is 12.9. The fraction of sp³-hybridized carbons (Fsp3) is 0.312. The van der Waals surface area contributed by atoms with Gasteiger partial charge in [-0.1, -0.05) is 0 Å². The summed E-state index contributed by atoms with van der Waals surface area (Å²) in [5.74, 6) is -1.32. The summed E-state index contributed by atoms with van der Waals surface area (Å²) in [5.41, 5.74) is 0.846. The maximum Gasteiger partial charge on any atom is 0.319 e. The van der Waals surface area contributed by atoms with Crippen LogP contribution in [0.15, 0.2) is 30.5 Å². The first-order valence-electron chi connectivity index (χ1n) is 7.68. The van der Waals surface area contributed by atoms with Crippen LogP contribution in [0.2, 0.25) is 0 Å². The van der Waals surface area contributed by atoms with E-state index in [-0.39, 0.29) is 12.2 Å². The van der Waals surface area contributed by atoms with Crippen molar-refractivity contribution in [3.8, 4) is 0 Å². The molecule has 2 N–H and O–H groups in total. The number of rotatable bonds is 4. The Morgan fingerprint density at radius 1 is 1.17 bits per heavy atom. The van der Waals surface area contributed by atoms with Crippen molar-refractivity contribution in [2.75, 3.05) is 23.3 Å². The molecule has 3 rings (SSSR count). The number of carbonyl (C=O) groups is 1. The monoisotopic (exact) mass is 333 g/mol. The number of nitrogens with one attached hydrogen (secondary N) is 2. The predicted molar refractivity (Wildman–Crippen MR) is 85.7 cm³/mol.